The van der Waals surface area contributed by atoms with Gasteiger partial charge in [-0.15, -0.1) is 0 Å². The molecule has 0 fully saturated rings. The summed E-state index contributed by atoms with van der Waals surface area (Å²) in [4.78, 5) is 27.2. The molecule has 1 aromatic heterocycles. The molecule has 0 amide bonds. The summed E-state index contributed by atoms with van der Waals surface area (Å²) in [5, 5.41) is 8.54. The fourth-order valence-corrected chi connectivity index (χ4v) is 1.38. The number of hydrogen-bond acceptors (Lipinski definition) is 4. The number of nitrogens with one attached hydrogen (secondary N) is 1. The van der Waals surface area contributed by atoms with Gasteiger partial charge in [0.1, 0.15) is 0 Å². The number of H-pyrrole nitrogens is 1. The van der Waals surface area contributed by atoms with E-state index in [1.807, 2.05) is 0 Å². The molecular formula is C7H7BrN2O4. The Bertz CT molecular complexity index is 415. The van der Waals surface area contributed by atoms with Crippen molar-refractivity contribution in [3.8, 4) is 5.88 Å². The Morgan fingerprint density at radius 1 is 1.71 bits per heavy atom. The third-order valence-corrected chi connectivity index (χ3v) is 2.25. The van der Waals surface area contributed by atoms with Gasteiger partial charge < -0.3 is 14.8 Å². The fraction of sp³-hybridized carbons (Fsp3) is 0.286. The molecule has 1 rings (SSSR count). The zero-order valence-electron chi connectivity index (χ0n) is 7.20. The summed E-state index contributed by atoms with van der Waals surface area (Å²) in [6, 6.07) is 0. The van der Waals surface area contributed by atoms with Crippen LogP contribution in [0.3, 0.4) is 0 Å². The van der Waals surface area contributed by atoms with Crippen molar-refractivity contribution in [2.75, 3.05) is 7.11 Å². The van der Waals surface area contributed by atoms with Gasteiger partial charge in [0.25, 0.3) is 0 Å². The van der Waals surface area contributed by atoms with E-state index < -0.39 is 11.7 Å². The highest BCUT2D eigenvalue weighted by Gasteiger charge is 2.12. The summed E-state index contributed by atoms with van der Waals surface area (Å²) in [5.74, 6) is -0.973. The van der Waals surface area contributed by atoms with E-state index in [4.69, 9.17) is 9.84 Å². The Balaban J connectivity index is 3.22. The molecule has 0 atom stereocenters. The minimum absolute atomic E-state index is 0.0741. The maximum Gasteiger partial charge on any atom is 0.348 e. The van der Waals surface area contributed by atoms with Crippen LogP contribution < -0.4 is 10.4 Å². The molecule has 0 unspecified atom stereocenters. The monoisotopic (exact) mass is 262 g/mol. The molecule has 0 aliphatic carbocycles. The van der Waals surface area contributed by atoms with Crippen LogP contribution in [0.1, 0.15) is 5.69 Å². The normalized spacial score (nSPS) is 9.86. The maximum atomic E-state index is 10.9. The van der Waals surface area contributed by atoms with Crippen LogP contribution in [0.4, 0.5) is 0 Å². The average molecular weight is 263 g/mol. The quantitative estimate of drug-likeness (QED) is 0.810. The number of carboxylic acid groups (broad SMARTS) is 1. The highest BCUT2D eigenvalue weighted by molar-refractivity contribution is 9.10. The Kier molecular flexibility index (Phi) is 3.23. The van der Waals surface area contributed by atoms with Crippen LogP contribution in [0.5, 0.6) is 5.88 Å². The van der Waals surface area contributed by atoms with Crippen LogP contribution in [0.2, 0.25) is 0 Å². The summed E-state index contributed by atoms with van der Waals surface area (Å²) in [5.41, 5.74) is -0.407. The number of halogens is 1. The van der Waals surface area contributed by atoms with Crippen molar-refractivity contribution in [1.29, 1.82) is 0 Å². The van der Waals surface area contributed by atoms with Crippen LogP contribution in [-0.4, -0.2) is 28.2 Å². The molecule has 0 aromatic carbocycles. The first-order valence-electron chi connectivity index (χ1n) is 3.59. The molecule has 7 heteroatoms. The van der Waals surface area contributed by atoms with Gasteiger partial charge in [-0.05, 0) is 15.9 Å². The van der Waals surface area contributed by atoms with E-state index in [0.29, 0.717) is 4.47 Å². The van der Waals surface area contributed by atoms with E-state index in [0.717, 1.165) is 0 Å². The van der Waals surface area contributed by atoms with Gasteiger partial charge in [-0.2, -0.15) is 4.98 Å². The summed E-state index contributed by atoms with van der Waals surface area (Å²) >= 11 is 3.08. The summed E-state index contributed by atoms with van der Waals surface area (Å²) in [6.07, 6.45) is -0.297. The van der Waals surface area contributed by atoms with E-state index in [1.165, 1.54) is 7.11 Å². The van der Waals surface area contributed by atoms with Crippen LogP contribution in [-0.2, 0) is 11.2 Å². The lowest BCUT2D eigenvalue weighted by Gasteiger charge is -2.04. The second kappa shape index (κ2) is 4.23. The van der Waals surface area contributed by atoms with Crippen molar-refractivity contribution in [2.45, 2.75) is 6.42 Å². The number of hydrogen-bond donors (Lipinski definition) is 2. The molecular weight excluding hydrogens is 256 g/mol. The molecule has 0 saturated carbocycles. The largest absolute Gasteiger partial charge is 0.481 e. The number of carbonyl (C=O) groups is 1. The van der Waals surface area contributed by atoms with Crippen LogP contribution in [0, 0.1) is 0 Å². The van der Waals surface area contributed by atoms with Crippen molar-refractivity contribution < 1.29 is 14.6 Å². The molecule has 1 aromatic rings. The number of rotatable bonds is 3. The van der Waals surface area contributed by atoms with Crippen molar-refractivity contribution in [1.82, 2.24) is 9.97 Å². The lowest BCUT2D eigenvalue weighted by atomic mass is 10.3. The zero-order valence-corrected chi connectivity index (χ0v) is 8.79. The topological polar surface area (TPSA) is 92.3 Å². The van der Waals surface area contributed by atoms with E-state index in [-0.39, 0.29) is 18.0 Å². The smallest absolute Gasteiger partial charge is 0.348 e. The average Bonchev–Trinajstić information content (AvgIpc) is 2.09. The van der Waals surface area contributed by atoms with E-state index in [2.05, 4.69) is 25.9 Å². The first-order chi connectivity index (χ1) is 6.54. The first-order valence-corrected chi connectivity index (χ1v) is 4.38. The number of methoxy groups -OCH3 is 1. The third-order valence-electron chi connectivity index (χ3n) is 1.43. The second-order valence-corrected chi connectivity index (χ2v) is 3.21. The molecule has 2 N–H and O–H groups in total. The van der Waals surface area contributed by atoms with Crippen molar-refractivity contribution in [3.05, 3.63) is 20.7 Å². The minimum atomic E-state index is -1.05. The molecule has 14 heavy (non-hydrogen) atoms. The molecule has 0 spiro atoms. The standard InChI is InChI=1S/C7H7BrN2O4/c1-14-6-5(8)3(2-4(11)12)9-7(13)10-6/h2H2,1H3,(H,11,12)(H,9,10,13). The minimum Gasteiger partial charge on any atom is -0.481 e. The van der Waals surface area contributed by atoms with Gasteiger partial charge in [0.2, 0.25) is 5.88 Å². The van der Waals surface area contributed by atoms with E-state index in [1.54, 1.807) is 0 Å². The van der Waals surface area contributed by atoms with Crippen molar-refractivity contribution in [2.24, 2.45) is 0 Å². The molecule has 0 aliphatic heterocycles. The predicted octanol–water partition coefficient (Wildman–Crippen LogP) is 0.168. The number of aliphatic carboxylic acids is 1. The number of aromatic amines is 1. The highest BCUT2D eigenvalue weighted by atomic mass is 79.9. The first kappa shape index (κ1) is 10.7. The van der Waals surface area contributed by atoms with Gasteiger partial charge in [0.05, 0.1) is 23.7 Å². The molecule has 0 aliphatic rings. The highest BCUT2D eigenvalue weighted by Crippen LogP contribution is 2.23. The predicted molar refractivity (Wildman–Crippen MR) is 50.4 cm³/mol. The van der Waals surface area contributed by atoms with Gasteiger partial charge in [0.15, 0.2) is 0 Å². The van der Waals surface area contributed by atoms with Crippen LogP contribution in [0.25, 0.3) is 0 Å². The Morgan fingerprint density at radius 2 is 2.36 bits per heavy atom. The van der Waals surface area contributed by atoms with Gasteiger partial charge in [0, 0.05) is 0 Å². The number of aromatic nitrogens is 2. The lowest BCUT2D eigenvalue weighted by Crippen LogP contribution is -2.17. The maximum absolute atomic E-state index is 10.9. The number of nitrogens with zero attached hydrogens (tertiary/aromatic N) is 1. The summed E-state index contributed by atoms with van der Waals surface area (Å²) < 4.78 is 5.13. The molecule has 76 valence electrons. The SMILES string of the molecule is COc1nc(=O)[nH]c(CC(=O)O)c1Br. The zero-order chi connectivity index (χ0) is 10.7. The van der Waals surface area contributed by atoms with Gasteiger partial charge in [-0.3, -0.25) is 4.79 Å². The van der Waals surface area contributed by atoms with Crippen molar-refractivity contribution in [3.63, 3.8) is 0 Å². The van der Waals surface area contributed by atoms with Gasteiger partial charge >= 0.3 is 11.7 Å². The third kappa shape index (κ3) is 2.32. The molecule has 6 nitrogen and oxygen atoms in total. The van der Waals surface area contributed by atoms with E-state index >= 15 is 0 Å². The summed E-state index contributed by atoms with van der Waals surface area (Å²) in [6.45, 7) is 0. The van der Waals surface area contributed by atoms with Gasteiger partial charge in [-0.25, -0.2) is 4.79 Å². The Morgan fingerprint density at radius 3 is 2.86 bits per heavy atom. The fourth-order valence-electron chi connectivity index (χ4n) is 0.891. The molecule has 0 bridgehead atoms. The van der Waals surface area contributed by atoms with Crippen LogP contribution >= 0.6 is 15.9 Å². The lowest BCUT2D eigenvalue weighted by molar-refractivity contribution is -0.136. The van der Waals surface area contributed by atoms with Crippen LogP contribution in [0.15, 0.2) is 9.27 Å². The van der Waals surface area contributed by atoms with E-state index in [9.17, 15) is 9.59 Å². The van der Waals surface area contributed by atoms with Gasteiger partial charge in [-0.1, -0.05) is 0 Å². The number of ether oxygens (including phenoxy) is 1. The Labute approximate surface area is 87.1 Å². The summed E-state index contributed by atoms with van der Waals surface area (Å²) in [7, 11) is 1.34. The van der Waals surface area contributed by atoms with Crippen molar-refractivity contribution >= 4 is 21.9 Å². The second-order valence-electron chi connectivity index (χ2n) is 2.41. The number of carboxylic acids is 1. The molecule has 0 radical (unpaired) electrons. The molecule has 1 heterocycles. The molecule has 0 saturated heterocycles. The Hall–Kier alpha value is -1.37.